The molecular weight excluding hydrogens is 494 g/mol. The van der Waals surface area contributed by atoms with Gasteiger partial charge in [0.15, 0.2) is 0 Å². The minimum absolute atomic E-state index is 0.187. The van der Waals surface area contributed by atoms with Crippen LogP contribution >= 0.6 is 0 Å². The van der Waals surface area contributed by atoms with Gasteiger partial charge in [-0.15, -0.1) is 0 Å². The second-order valence-corrected chi connectivity index (χ2v) is 9.00. The summed E-state index contributed by atoms with van der Waals surface area (Å²) >= 11 is 0. The Kier molecular flexibility index (Phi) is 11.0. The summed E-state index contributed by atoms with van der Waals surface area (Å²) < 4.78 is 4.91. The lowest BCUT2D eigenvalue weighted by Crippen LogP contribution is -2.56. The van der Waals surface area contributed by atoms with Crippen LogP contribution in [-0.2, 0) is 36.8 Å². The van der Waals surface area contributed by atoms with Gasteiger partial charge < -0.3 is 20.7 Å². The van der Waals surface area contributed by atoms with Crippen LogP contribution in [0.1, 0.15) is 23.6 Å². The van der Waals surface area contributed by atoms with Gasteiger partial charge in [-0.05, 0) is 29.7 Å². The lowest BCUT2D eigenvalue weighted by atomic mass is 10.0. The molecule has 3 aromatic carbocycles. The molecule has 0 aliphatic carbocycles. The third-order valence-corrected chi connectivity index (χ3v) is 5.98. The fourth-order valence-electron chi connectivity index (χ4n) is 3.88. The van der Waals surface area contributed by atoms with Gasteiger partial charge in [-0.25, -0.2) is 4.79 Å². The molecule has 0 aliphatic rings. The number of amides is 3. The van der Waals surface area contributed by atoms with Crippen molar-refractivity contribution in [3.8, 4) is 0 Å². The molecular formula is C31H33N3O5. The summed E-state index contributed by atoms with van der Waals surface area (Å²) in [5, 5.41) is 8.08. The van der Waals surface area contributed by atoms with Gasteiger partial charge in [0.1, 0.15) is 18.1 Å². The van der Waals surface area contributed by atoms with Gasteiger partial charge in [0.2, 0.25) is 17.7 Å². The zero-order valence-electron chi connectivity index (χ0n) is 22.0. The molecule has 39 heavy (non-hydrogen) atoms. The lowest BCUT2D eigenvalue weighted by molar-refractivity contribution is -0.145. The van der Waals surface area contributed by atoms with E-state index in [1.807, 2.05) is 91.0 Å². The molecule has 3 amide bonds. The molecule has 0 aromatic heterocycles. The summed E-state index contributed by atoms with van der Waals surface area (Å²) in [7, 11) is 1.26. The second kappa shape index (κ2) is 14.9. The average Bonchev–Trinajstić information content (AvgIpc) is 2.96. The molecule has 3 atom stereocenters. The molecule has 0 radical (unpaired) electrons. The first kappa shape index (κ1) is 28.8. The van der Waals surface area contributed by atoms with Gasteiger partial charge in [-0.2, -0.15) is 0 Å². The molecule has 0 bridgehead atoms. The number of benzene rings is 3. The molecule has 3 unspecified atom stereocenters. The number of nitrogens with one attached hydrogen (secondary N) is 3. The number of carbonyl (C=O) groups excluding carboxylic acids is 4. The number of hydrogen-bond acceptors (Lipinski definition) is 5. The van der Waals surface area contributed by atoms with Crippen molar-refractivity contribution < 1.29 is 23.9 Å². The number of rotatable bonds is 12. The summed E-state index contributed by atoms with van der Waals surface area (Å²) in [5.74, 6) is -2.12. The van der Waals surface area contributed by atoms with Crippen molar-refractivity contribution in [2.24, 2.45) is 0 Å². The molecule has 3 N–H and O–H groups in total. The van der Waals surface area contributed by atoms with E-state index in [0.29, 0.717) is 0 Å². The summed E-state index contributed by atoms with van der Waals surface area (Å²) in [6.07, 6.45) is 3.40. The Morgan fingerprint density at radius 2 is 1.18 bits per heavy atom. The topological polar surface area (TPSA) is 114 Å². The number of ether oxygens (including phenoxy) is 1. The predicted molar refractivity (Wildman–Crippen MR) is 149 cm³/mol. The fraction of sp³-hybridized carbons (Fsp3) is 0.226. The van der Waals surface area contributed by atoms with Crippen LogP contribution in [0.4, 0.5) is 0 Å². The third-order valence-electron chi connectivity index (χ3n) is 5.98. The molecule has 3 rings (SSSR count). The van der Waals surface area contributed by atoms with Gasteiger partial charge in [0.05, 0.1) is 7.11 Å². The molecule has 0 saturated heterocycles. The minimum atomic E-state index is -0.998. The Morgan fingerprint density at radius 3 is 1.72 bits per heavy atom. The minimum Gasteiger partial charge on any atom is -0.467 e. The van der Waals surface area contributed by atoms with E-state index in [1.54, 1.807) is 6.08 Å². The van der Waals surface area contributed by atoms with Gasteiger partial charge >= 0.3 is 5.97 Å². The Labute approximate surface area is 228 Å². The molecule has 0 saturated carbocycles. The Bertz CT molecular complexity index is 1260. The van der Waals surface area contributed by atoms with E-state index in [1.165, 1.54) is 20.1 Å². The van der Waals surface area contributed by atoms with Crippen LogP contribution in [0.5, 0.6) is 0 Å². The quantitative estimate of drug-likeness (QED) is 0.248. The number of carbonyl (C=O) groups is 4. The van der Waals surface area contributed by atoms with Crippen LogP contribution in [0.3, 0.4) is 0 Å². The van der Waals surface area contributed by atoms with Gasteiger partial charge in [-0.3, -0.25) is 14.4 Å². The Hall–Kier alpha value is -4.72. The molecule has 0 heterocycles. The summed E-state index contributed by atoms with van der Waals surface area (Å²) in [5.41, 5.74) is 2.51. The van der Waals surface area contributed by atoms with Crippen LogP contribution in [0.2, 0.25) is 0 Å². The van der Waals surface area contributed by atoms with Crippen molar-refractivity contribution in [1.29, 1.82) is 0 Å². The molecule has 8 heteroatoms. The maximum Gasteiger partial charge on any atom is 0.328 e. The van der Waals surface area contributed by atoms with Crippen LogP contribution in [0.25, 0.3) is 6.08 Å². The third kappa shape index (κ3) is 9.59. The maximum atomic E-state index is 13.4. The summed E-state index contributed by atoms with van der Waals surface area (Å²) in [4.78, 5) is 51.2. The van der Waals surface area contributed by atoms with E-state index in [9.17, 15) is 19.2 Å². The molecule has 0 fully saturated rings. The van der Waals surface area contributed by atoms with E-state index >= 15 is 0 Å². The van der Waals surface area contributed by atoms with Gasteiger partial charge in [-0.1, -0.05) is 91.0 Å². The first-order chi connectivity index (χ1) is 18.9. The standard InChI is InChI=1S/C31H33N3O5/c1-22(32-28(35)19-18-23-12-6-3-7-13-23)29(36)33-26(20-24-14-8-4-9-15-24)30(37)34-27(31(38)39-2)21-25-16-10-5-11-17-25/h3-19,22,26-27H,20-21H2,1-2H3,(H,32,35)(H,33,36)(H,34,37)/b19-18+. The highest BCUT2D eigenvalue weighted by Gasteiger charge is 2.29. The fourth-order valence-corrected chi connectivity index (χ4v) is 3.88. The van der Waals surface area contributed by atoms with Crippen molar-refractivity contribution in [3.05, 3.63) is 114 Å². The largest absolute Gasteiger partial charge is 0.467 e. The monoisotopic (exact) mass is 527 g/mol. The van der Waals surface area contributed by atoms with Crippen molar-refractivity contribution >= 4 is 29.8 Å². The van der Waals surface area contributed by atoms with Crippen LogP contribution < -0.4 is 16.0 Å². The predicted octanol–water partition coefficient (Wildman–Crippen LogP) is 2.83. The van der Waals surface area contributed by atoms with Gasteiger partial charge in [0.25, 0.3) is 0 Å². The maximum absolute atomic E-state index is 13.4. The highest BCUT2D eigenvalue weighted by Crippen LogP contribution is 2.08. The van der Waals surface area contributed by atoms with E-state index in [0.717, 1.165) is 16.7 Å². The second-order valence-electron chi connectivity index (χ2n) is 9.00. The normalized spacial score (nSPS) is 13.1. The van der Waals surface area contributed by atoms with Crippen LogP contribution in [-0.4, -0.2) is 48.9 Å². The lowest BCUT2D eigenvalue weighted by Gasteiger charge is -2.24. The SMILES string of the molecule is COC(=O)C(Cc1ccccc1)NC(=O)C(Cc1ccccc1)NC(=O)C(C)NC(=O)/C=C/c1ccccc1. The van der Waals surface area contributed by atoms with E-state index in [2.05, 4.69) is 16.0 Å². The zero-order valence-corrected chi connectivity index (χ0v) is 22.0. The smallest absolute Gasteiger partial charge is 0.328 e. The zero-order chi connectivity index (χ0) is 28.0. The van der Waals surface area contributed by atoms with Gasteiger partial charge in [0, 0.05) is 18.9 Å². The summed E-state index contributed by atoms with van der Waals surface area (Å²) in [6.45, 7) is 1.54. The van der Waals surface area contributed by atoms with Crippen LogP contribution in [0.15, 0.2) is 97.1 Å². The van der Waals surface area contributed by atoms with Crippen molar-refractivity contribution in [2.45, 2.75) is 37.9 Å². The molecule has 0 aliphatic heterocycles. The first-order valence-corrected chi connectivity index (χ1v) is 12.7. The average molecular weight is 528 g/mol. The van der Waals surface area contributed by atoms with E-state index < -0.39 is 41.8 Å². The molecule has 202 valence electrons. The van der Waals surface area contributed by atoms with Crippen molar-refractivity contribution in [1.82, 2.24) is 16.0 Å². The van der Waals surface area contributed by atoms with Crippen molar-refractivity contribution in [3.63, 3.8) is 0 Å². The molecule has 8 nitrogen and oxygen atoms in total. The highest BCUT2D eigenvalue weighted by molar-refractivity contribution is 5.97. The van der Waals surface area contributed by atoms with Crippen molar-refractivity contribution in [2.75, 3.05) is 7.11 Å². The summed E-state index contributed by atoms with van der Waals surface area (Å²) in [6, 6.07) is 24.9. The molecule has 0 spiro atoms. The van der Waals surface area contributed by atoms with E-state index in [-0.39, 0.29) is 12.8 Å². The van der Waals surface area contributed by atoms with E-state index in [4.69, 9.17) is 4.74 Å². The first-order valence-electron chi connectivity index (χ1n) is 12.7. The number of hydrogen-bond donors (Lipinski definition) is 3. The number of esters is 1. The van der Waals surface area contributed by atoms with Crippen LogP contribution in [0, 0.1) is 0 Å². The highest BCUT2D eigenvalue weighted by atomic mass is 16.5. The Balaban J connectivity index is 1.69. The number of methoxy groups -OCH3 is 1. The Morgan fingerprint density at radius 1 is 0.692 bits per heavy atom. The molecule has 3 aromatic rings.